The quantitative estimate of drug-likeness (QED) is 0.766. The van der Waals surface area contributed by atoms with Gasteiger partial charge < -0.3 is 4.90 Å². The highest BCUT2D eigenvalue weighted by Crippen LogP contribution is 2.29. The molecular formula is C13H19ClN4. The Morgan fingerprint density at radius 2 is 2.06 bits per heavy atom. The molecule has 2 aliphatic rings. The molecule has 3 heterocycles. The summed E-state index contributed by atoms with van der Waals surface area (Å²) in [6, 6.07) is 1.43. The van der Waals surface area contributed by atoms with Gasteiger partial charge in [0.15, 0.2) is 0 Å². The van der Waals surface area contributed by atoms with E-state index in [1.54, 1.807) is 6.20 Å². The minimum Gasteiger partial charge on any atom is -0.354 e. The van der Waals surface area contributed by atoms with E-state index in [1.165, 1.54) is 19.3 Å². The van der Waals surface area contributed by atoms with Crippen molar-refractivity contribution in [3.63, 3.8) is 0 Å². The lowest BCUT2D eigenvalue weighted by Gasteiger charge is -2.26. The van der Waals surface area contributed by atoms with Gasteiger partial charge in [0.1, 0.15) is 5.82 Å². The number of hydrogen-bond acceptors (Lipinski definition) is 4. The van der Waals surface area contributed by atoms with E-state index in [-0.39, 0.29) is 0 Å². The van der Waals surface area contributed by atoms with Crippen molar-refractivity contribution in [2.24, 2.45) is 0 Å². The number of halogens is 1. The van der Waals surface area contributed by atoms with Crippen LogP contribution in [0.1, 0.15) is 25.0 Å². The topological polar surface area (TPSA) is 32.3 Å². The van der Waals surface area contributed by atoms with Gasteiger partial charge in [-0.25, -0.2) is 4.98 Å². The molecule has 2 unspecified atom stereocenters. The summed E-state index contributed by atoms with van der Waals surface area (Å²) in [6.45, 7) is 2.16. The van der Waals surface area contributed by atoms with Crippen molar-refractivity contribution in [2.45, 2.75) is 37.2 Å². The van der Waals surface area contributed by atoms with Gasteiger partial charge in [0.25, 0.3) is 0 Å². The molecule has 2 atom stereocenters. The zero-order chi connectivity index (χ0) is 12.5. The zero-order valence-corrected chi connectivity index (χ0v) is 11.5. The molecule has 1 aromatic heterocycles. The SMILES string of the molecule is CN1C2CCC1CN(c1cnc(CCl)cn1)CC2. The van der Waals surface area contributed by atoms with E-state index in [0.29, 0.717) is 11.9 Å². The number of hydrogen-bond donors (Lipinski definition) is 0. The summed E-state index contributed by atoms with van der Waals surface area (Å²) in [4.78, 5) is 13.7. The average Bonchev–Trinajstić information content (AvgIpc) is 2.64. The van der Waals surface area contributed by atoms with Crippen LogP contribution in [0.25, 0.3) is 0 Å². The molecule has 3 rings (SSSR count). The minimum atomic E-state index is 0.431. The monoisotopic (exact) mass is 266 g/mol. The van der Waals surface area contributed by atoms with Crippen LogP contribution in [-0.4, -0.2) is 47.1 Å². The summed E-state index contributed by atoms with van der Waals surface area (Å²) in [5.74, 6) is 1.42. The fourth-order valence-corrected chi connectivity index (χ4v) is 3.24. The molecule has 2 bridgehead atoms. The van der Waals surface area contributed by atoms with Crippen molar-refractivity contribution in [2.75, 3.05) is 25.0 Å². The Balaban J connectivity index is 1.76. The van der Waals surface area contributed by atoms with Crippen LogP contribution in [0.3, 0.4) is 0 Å². The van der Waals surface area contributed by atoms with Gasteiger partial charge in [-0.15, -0.1) is 11.6 Å². The molecule has 4 nitrogen and oxygen atoms in total. The second-order valence-electron chi connectivity index (χ2n) is 5.28. The van der Waals surface area contributed by atoms with Crippen molar-refractivity contribution in [1.29, 1.82) is 0 Å². The normalized spacial score (nSPS) is 28.4. The molecule has 0 amide bonds. The molecular weight excluding hydrogens is 248 g/mol. The fraction of sp³-hybridized carbons (Fsp3) is 0.692. The number of nitrogens with zero attached hydrogens (tertiary/aromatic N) is 4. The average molecular weight is 267 g/mol. The van der Waals surface area contributed by atoms with E-state index in [1.807, 2.05) is 6.20 Å². The Labute approximate surface area is 113 Å². The summed E-state index contributed by atoms with van der Waals surface area (Å²) >= 11 is 5.74. The number of anilines is 1. The molecule has 0 aliphatic carbocycles. The lowest BCUT2D eigenvalue weighted by atomic mass is 10.1. The highest BCUT2D eigenvalue weighted by molar-refractivity contribution is 6.16. The Morgan fingerprint density at radius 3 is 2.78 bits per heavy atom. The molecule has 98 valence electrons. The highest BCUT2D eigenvalue weighted by atomic mass is 35.5. The largest absolute Gasteiger partial charge is 0.354 e. The molecule has 0 radical (unpaired) electrons. The van der Waals surface area contributed by atoms with Gasteiger partial charge in [-0.3, -0.25) is 9.88 Å². The van der Waals surface area contributed by atoms with Crippen molar-refractivity contribution in [3.8, 4) is 0 Å². The van der Waals surface area contributed by atoms with E-state index >= 15 is 0 Å². The first kappa shape index (κ1) is 12.2. The van der Waals surface area contributed by atoms with Gasteiger partial charge in [-0.1, -0.05) is 0 Å². The summed E-state index contributed by atoms with van der Waals surface area (Å²) in [6.07, 6.45) is 7.54. The van der Waals surface area contributed by atoms with Crippen LogP contribution in [0.2, 0.25) is 0 Å². The van der Waals surface area contributed by atoms with Crippen LogP contribution in [-0.2, 0) is 5.88 Å². The number of likely N-dealkylation sites (N-methyl/N-ethyl adjacent to an activating group) is 1. The third-order valence-corrected chi connectivity index (χ3v) is 4.57. The van der Waals surface area contributed by atoms with E-state index < -0.39 is 0 Å². The summed E-state index contributed by atoms with van der Waals surface area (Å²) < 4.78 is 0. The minimum absolute atomic E-state index is 0.431. The number of aromatic nitrogens is 2. The Hall–Kier alpha value is -0.870. The van der Waals surface area contributed by atoms with Crippen LogP contribution in [0.5, 0.6) is 0 Å². The van der Waals surface area contributed by atoms with Crippen molar-refractivity contribution in [3.05, 3.63) is 18.1 Å². The molecule has 1 aromatic rings. The molecule has 18 heavy (non-hydrogen) atoms. The van der Waals surface area contributed by atoms with Crippen molar-refractivity contribution < 1.29 is 0 Å². The lowest BCUT2D eigenvalue weighted by Crippen LogP contribution is -2.37. The number of alkyl halides is 1. The Kier molecular flexibility index (Phi) is 3.39. The van der Waals surface area contributed by atoms with Crippen molar-refractivity contribution in [1.82, 2.24) is 14.9 Å². The second-order valence-corrected chi connectivity index (χ2v) is 5.55. The van der Waals surface area contributed by atoms with E-state index in [0.717, 1.165) is 30.6 Å². The second kappa shape index (κ2) is 5.02. The van der Waals surface area contributed by atoms with Gasteiger partial charge >= 0.3 is 0 Å². The Morgan fingerprint density at radius 1 is 1.22 bits per heavy atom. The highest BCUT2D eigenvalue weighted by Gasteiger charge is 2.34. The van der Waals surface area contributed by atoms with Crippen LogP contribution in [0.15, 0.2) is 12.4 Å². The van der Waals surface area contributed by atoms with Crippen LogP contribution in [0.4, 0.5) is 5.82 Å². The zero-order valence-electron chi connectivity index (χ0n) is 10.7. The number of fused-ring (bicyclic) bond motifs is 2. The van der Waals surface area contributed by atoms with Gasteiger partial charge in [0.05, 0.1) is 24.0 Å². The standard InChI is InChI=1S/C13H19ClN4/c1-17-11-2-3-12(17)9-18(5-4-11)13-8-15-10(6-14)7-16-13/h7-8,11-12H,2-6,9H2,1H3. The van der Waals surface area contributed by atoms with Crippen molar-refractivity contribution >= 4 is 17.4 Å². The molecule has 0 aromatic carbocycles. The lowest BCUT2D eigenvalue weighted by molar-refractivity contribution is 0.254. The maximum atomic E-state index is 5.74. The van der Waals surface area contributed by atoms with Gasteiger partial charge in [-0.05, 0) is 26.3 Å². The first-order chi connectivity index (χ1) is 8.78. The predicted octanol–water partition coefficient (Wildman–Crippen LogP) is 1.89. The van der Waals surface area contributed by atoms with Crippen LogP contribution < -0.4 is 4.90 Å². The number of rotatable bonds is 2. The third kappa shape index (κ3) is 2.19. The van der Waals surface area contributed by atoms with E-state index in [2.05, 4.69) is 26.8 Å². The van der Waals surface area contributed by atoms with E-state index in [9.17, 15) is 0 Å². The maximum Gasteiger partial charge on any atom is 0.147 e. The summed E-state index contributed by atoms with van der Waals surface area (Å²) in [5.41, 5.74) is 0.842. The summed E-state index contributed by atoms with van der Waals surface area (Å²) in [5, 5.41) is 0. The first-order valence-corrected chi connectivity index (χ1v) is 7.15. The molecule has 5 heteroatoms. The first-order valence-electron chi connectivity index (χ1n) is 6.61. The van der Waals surface area contributed by atoms with Crippen LogP contribution in [0, 0.1) is 0 Å². The molecule has 0 spiro atoms. The van der Waals surface area contributed by atoms with Crippen LogP contribution >= 0.6 is 11.6 Å². The molecule has 2 aliphatic heterocycles. The molecule has 2 saturated heterocycles. The van der Waals surface area contributed by atoms with Gasteiger partial charge in [0.2, 0.25) is 0 Å². The maximum absolute atomic E-state index is 5.74. The van der Waals surface area contributed by atoms with E-state index in [4.69, 9.17) is 11.6 Å². The van der Waals surface area contributed by atoms with Gasteiger partial charge in [-0.2, -0.15) is 0 Å². The fourth-order valence-electron chi connectivity index (χ4n) is 3.10. The Bertz CT molecular complexity index is 408. The molecule has 0 saturated carbocycles. The molecule has 0 N–H and O–H groups in total. The summed E-state index contributed by atoms with van der Waals surface area (Å²) in [7, 11) is 2.26. The van der Waals surface area contributed by atoms with Gasteiger partial charge in [0, 0.05) is 25.2 Å². The smallest absolute Gasteiger partial charge is 0.147 e. The molecule has 2 fully saturated rings. The predicted molar refractivity (Wildman–Crippen MR) is 73.0 cm³/mol. The third-order valence-electron chi connectivity index (χ3n) is 4.30.